The highest BCUT2D eigenvalue weighted by Gasteiger charge is 2.28. The van der Waals surface area contributed by atoms with Crippen LogP contribution in [0.3, 0.4) is 0 Å². The number of ether oxygens (including phenoxy) is 1. The van der Waals surface area contributed by atoms with Gasteiger partial charge in [-0.1, -0.05) is 60.7 Å². The van der Waals surface area contributed by atoms with Crippen molar-refractivity contribution in [3.05, 3.63) is 71.8 Å². The first kappa shape index (κ1) is 15.2. The van der Waals surface area contributed by atoms with Crippen molar-refractivity contribution in [1.82, 2.24) is 0 Å². The Bertz CT molecular complexity index is 613. The lowest BCUT2D eigenvalue weighted by atomic mass is 9.98. The second kappa shape index (κ2) is 7.02. The highest BCUT2D eigenvalue weighted by atomic mass is 35.5. The lowest BCUT2D eigenvalue weighted by Crippen LogP contribution is -2.21. The average Bonchev–Trinajstić information content (AvgIpc) is 2.53. The molecule has 0 bridgehead atoms. The van der Waals surface area contributed by atoms with E-state index < -0.39 is 23.4 Å². The van der Waals surface area contributed by atoms with Gasteiger partial charge in [0.1, 0.15) is 6.10 Å². The highest BCUT2D eigenvalue weighted by molar-refractivity contribution is 6.80. The number of hydrogen-bond donors (Lipinski definition) is 1. The Morgan fingerprint density at radius 3 is 1.86 bits per heavy atom. The van der Waals surface area contributed by atoms with E-state index in [-0.39, 0.29) is 0 Å². The van der Waals surface area contributed by atoms with Gasteiger partial charge in [0.2, 0.25) is 0 Å². The van der Waals surface area contributed by atoms with E-state index in [2.05, 4.69) is 0 Å². The fraction of sp³-hybridized carbons (Fsp3) is 0.125. The van der Waals surface area contributed by atoms with Crippen LogP contribution >= 0.6 is 11.6 Å². The molecule has 0 aliphatic rings. The van der Waals surface area contributed by atoms with Gasteiger partial charge in [0, 0.05) is 0 Å². The fourth-order valence-electron chi connectivity index (χ4n) is 1.94. The van der Waals surface area contributed by atoms with E-state index in [4.69, 9.17) is 16.3 Å². The van der Waals surface area contributed by atoms with Gasteiger partial charge in [0.25, 0.3) is 0 Å². The average molecular weight is 305 g/mol. The molecule has 5 heteroatoms. The minimum atomic E-state index is -1.23. The Hall–Kier alpha value is -2.17. The van der Waals surface area contributed by atoms with Crippen LogP contribution in [0.25, 0.3) is 0 Å². The van der Waals surface area contributed by atoms with Crippen LogP contribution in [0.2, 0.25) is 0 Å². The summed E-state index contributed by atoms with van der Waals surface area (Å²) in [4.78, 5) is 22.3. The van der Waals surface area contributed by atoms with E-state index in [1.807, 2.05) is 6.07 Å². The van der Waals surface area contributed by atoms with Crippen molar-refractivity contribution in [1.29, 1.82) is 0 Å². The first-order valence-corrected chi connectivity index (χ1v) is 6.66. The Morgan fingerprint density at radius 1 is 0.905 bits per heavy atom. The SMILES string of the molecule is O=C(Cl)C(=O)O[C@@H](c1ccccc1)[C@H](O)c1ccccc1. The molecule has 0 heterocycles. The van der Waals surface area contributed by atoms with E-state index in [1.54, 1.807) is 54.6 Å². The molecule has 0 aromatic heterocycles. The summed E-state index contributed by atoms with van der Waals surface area (Å²) in [5.74, 6) is -1.19. The normalized spacial score (nSPS) is 13.2. The van der Waals surface area contributed by atoms with Crippen LogP contribution < -0.4 is 0 Å². The second-order valence-corrected chi connectivity index (χ2v) is 4.71. The predicted octanol–water partition coefficient (Wildman–Crippen LogP) is 2.77. The minimum absolute atomic E-state index is 0.570. The summed E-state index contributed by atoms with van der Waals surface area (Å²) in [6, 6.07) is 17.4. The zero-order chi connectivity index (χ0) is 15.2. The fourth-order valence-corrected chi connectivity index (χ4v) is 1.99. The van der Waals surface area contributed by atoms with E-state index in [0.29, 0.717) is 11.1 Å². The van der Waals surface area contributed by atoms with Crippen LogP contribution in [-0.4, -0.2) is 16.3 Å². The number of esters is 1. The third kappa shape index (κ3) is 3.90. The Morgan fingerprint density at radius 2 is 1.38 bits per heavy atom. The van der Waals surface area contributed by atoms with Gasteiger partial charge in [-0.15, -0.1) is 0 Å². The highest BCUT2D eigenvalue weighted by Crippen LogP contribution is 2.32. The lowest BCUT2D eigenvalue weighted by molar-refractivity contribution is -0.160. The molecule has 2 aromatic rings. The van der Waals surface area contributed by atoms with Gasteiger partial charge in [-0.2, -0.15) is 0 Å². The van der Waals surface area contributed by atoms with Crippen molar-refractivity contribution in [3.63, 3.8) is 0 Å². The molecule has 1 N–H and O–H groups in total. The molecule has 0 spiro atoms. The summed E-state index contributed by atoms with van der Waals surface area (Å²) in [5, 5.41) is 9.21. The van der Waals surface area contributed by atoms with E-state index >= 15 is 0 Å². The molecule has 0 saturated heterocycles. The molecule has 2 atom stereocenters. The van der Waals surface area contributed by atoms with Crippen molar-refractivity contribution in [2.75, 3.05) is 0 Å². The predicted molar refractivity (Wildman–Crippen MR) is 77.5 cm³/mol. The standard InChI is InChI=1S/C16H13ClO4/c17-15(19)16(20)21-14(12-9-5-2-6-10-12)13(18)11-7-3-1-4-8-11/h1-10,13-14,18H/t13-,14+/m1/s1. The number of hydrogen-bond acceptors (Lipinski definition) is 4. The maximum Gasteiger partial charge on any atom is 0.392 e. The molecule has 0 radical (unpaired) electrons. The van der Waals surface area contributed by atoms with Crippen LogP contribution in [0.5, 0.6) is 0 Å². The summed E-state index contributed by atoms with van der Waals surface area (Å²) < 4.78 is 5.04. The number of rotatable bonds is 5. The van der Waals surface area contributed by atoms with Crippen molar-refractivity contribution in [2.45, 2.75) is 12.2 Å². The number of aliphatic hydroxyl groups is 1. The molecule has 108 valence electrons. The number of carbonyl (C=O) groups is 2. The summed E-state index contributed by atoms with van der Waals surface area (Å²) in [5.41, 5.74) is 1.14. The van der Waals surface area contributed by atoms with Crippen LogP contribution in [0.4, 0.5) is 0 Å². The van der Waals surface area contributed by atoms with Gasteiger partial charge in [0.05, 0.1) is 0 Å². The number of halogens is 1. The molecule has 0 aliphatic heterocycles. The largest absolute Gasteiger partial charge is 0.448 e. The smallest absolute Gasteiger partial charge is 0.392 e. The van der Waals surface area contributed by atoms with Crippen LogP contribution in [-0.2, 0) is 14.3 Å². The Labute approximate surface area is 126 Å². The van der Waals surface area contributed by atoms with Crippen LogP contribution in [0, 0.1) is 0 Å². The maximum absolute atomic E-state index is 11.4. The zero-order valence-corrected chi connectivity index (χ0v) is 11.7. The van der Waals surface area contributed by atoms with Crippen LogP contribution in [0.1, 0.15) is 23.3 Å². The molecule has 0 fully saturated rings. The Kier molecular flexibility index (Phi) is 5.09. The van der Waals surface area contributed by atoms with E-state index in [1.165, 1.54) is 0 Å². The van der Waals surface area contributed by atoms with Gasteiger partial charge < -0.3 is 9.84 Å². The summed E-state index contributed by atoms with van der Waals surface area (Å²) >= 11 is 5.12. The third-order valence-electron chi connectivity index (χ3n) is 2.95. The molecule has 0 aliphatic carbocycles. The molecule has 4 nitrogen and oxygen atoms in total. The van der Waals surface area contributed by atoms with Crippen LogP contribution in [0.15, 0.2) is 60.7 Å². The van der Waals surface area contributed by atoms with Gasteiger partial charge >= 0.3 is 11.2 Å². The topological polar surface area (TPSA) is 63.6 Å². The monoisotopic (exact) mass is 304 g/mol. The zero-order valence-electron chi connectivity index (χ0n) is 11.0. The third-order valence-corrected chi connectivity index (χ3v) is 3.10. The number of aliphatic hydroxyl groups excluding tert-OH is 1. The van der Waals surface area contributed by atoms with Crippen molar-refractivity contribution < 1.29 is 19.4 Å². The molecular weight excluding hydrogens is 292 g/mol. The maximum atomic E-state index is 11.4. The number of benzene rings is 2. The first-order chi connectivity index (χ1) is 10.1. The molecular formula is C16H13ClO4. The summed E-state index contributed by atoms with van der Waals surface area (Å²) in [7, 11) is 0. The van der Waals surface area contributed by atoms with Gasteiger partial charge in [0.15, 0.2) is 6.10 Å². The lowest BCUT2D eigenvalue weighted by Gasteiger charge is -2.23. The van der Waals surface area contributed by atoms with Crippen molar-refractivity contribution >= 4 is 22.8 Å². The van der Waals surface area contributed by atoms with Gasteiger partial charge in [-0.25, -0.2) is 4.79 Å². The second-order valence-electron chi connectivity index (χ2n) is 4.37. The van der Waals surface area contributed by atoms with Crippen molar-refractivity contribution in [2.24, 2.45) is 0 Å². The Balaban J connectivity index is 2.32. The first-order valence-electron chi connectivity index (χ1n) is 6.28. The molecule has 0 amide bonds. The molecule has 0 saturated carbocycles. The molecule has 0 unspecified atom stereocenters. The van der Waals surface area contributed by atoms with Gasteiger partial charge in [-0.3, -0.25) is 4.79 Å². The molecule has 21 heavy (non-hydrogen) atoms. The summed E-state index contributed by atoms with van der Waals surface area (Å²) in [6.45, 7) is 0. The van der Waals surface area contributed by atoms with E-state index in [9.17, 15) is 14.7 Å². The van der Waals surface area contributed by atoms with Crippen molar-refractivity contribution in [3.8, 4) is 0 Å². The number of carbonyl (C=O) groups excluding carboxylic acids is 2. The molecule has 2 aromatic carbocycles. The minimum Gasteiger partial charge on any atom is -0.448 e. The summed E-state index contributed by atoms with van der Waals surface area (Å²) in [6.07, 6.45) is -2.11. The van der Waals surface area contributed by atoms with E-state index in [0.717, 1.165) is 0 Å². The molecule has 2 rings (SSSR count). The quantitative estimate of drug-likeness (QED) is 0.524. The van der Waals surface area contributed by atoms with Gasteiger partial charge in [-0.05, 0) is 22.7 Å².